The Morgan fingerprint density at radius 1 is 0.750 bits per heavy atom. The van der Waals surface area contributed by atoms with Crippen LogP contribution in [0.25, 0.3) is 21.5 Å². The summed E-state index contributed by atoms with van der Waals surface area (Å²) in [4.78, 5) is 12.8. The molecule has 0 aromatic heterocycles. The summed E-state index contributed by atoms with van der Waals surface area (Å²) in [6, 6.07) is 10.9. The zero-order valence-corrected chi connectivity index (χ0v) is 15.4. The van der Waals surface area contributed by atoms with E-state index >= 15 is 0 Å². The van der Waals surface area contributed by atoms with Crippen molar-refractivity contribution < 1.29 is 0 Å². The van der Waals surface area contributed by atoms with Crippen LogP contribution in [0.3, 0.4) is 0 Å². The number of halogens is 4. The molecule has 0 atom stereocenters. The molecule has 0 aliphatic rings. The van der Waals surface area contributed by atoms with Crippen LogP contribution in [-0.4, -0.2) is 0 Å². The van der Waals surface area contributed by atoms with Crippen molar-refractivity contribution in [2.24, 2.45) is 0 Å². The molecule has 0 unspecified atom stereocenters. The molecule has 0 N–H and O–H groups in total. The predicted octanol–water partition coefficient (Wildman–Crippen LogP) is 6.29. The second-order valence-corrected chi connectivity index (χ2v) is 7.28. The Morgan fingerprint density at radius 3 is 2.15 bits per heavy atom. The van der Waals surface area contributed by atoms with Crippen LogP contribution in [0.5, 0.6) is 0 Å². The van der Waals surface area contributed by atoms with E-state index in [1.807, 2.05) is 18.2 Å². The first-order valence-corrected chi connectivity index (χ1v) is 8.44. The highest BCUT2D eigenvalue weighted by Gasteiger charge is 2.11. The van der Waals surface area contributed by atoms with Gasteiger partial charge in [0.25, 0.3) is 0 Å². The number of fused-ring (bicyclic) bond motifs is 2. The summed E-state index contributed by atoms with van der Waals surface area (Å²) < 4.78 is 2.54. The molecule has 0 bridgehead atoms. The highest BCUT2D eigenvalue weighted by molar-refractivity contribution is 9.13. The van der Waals surface area contributed by atoms with Gasteiger partial charge in [0, 0.05) is 40.0 Å². The first-order chi connectivity index (χ1) is 9.49. The van der Waals surface area contributed by atoms with E-state index < -0.39 is 0 Å². The third kappa shape index (κ3) is 2.33. The van der Waals surface area contributed by atoms with Crippen molar-refractivity contribution >= 4 is 80.9 Å². The topological polar surface area (TPSA) is 17.1 Å². The van der Waals surface area contributed by atoms with E-state index in [2.05, 4.69) is 47.8 Å². The van der Waals surface area contributed by atoms with Gasteiger partial charge in [-0.2, -0.15) is 0 Å². The Hall–Kier alpha value is -0.420. The maximum absolute atomic E-state index is 12.8. The van der Waals surface area contributed by atoms with Gasteiger partial charge in [0.15, 0.2) is 5.43 Å². The SMILES string of the molecule is O=c1c2ccc(Cl)cc2c(Br)c(Br)c2ccc(Br)cc12. The molecule has 0 saturated heterocycles. The van der Waals surface area contributed by atoms with Gasteiger partial charge in [-0.1, -0.05) is 33.6 Å². The molecule has 100 valence electrons. The molecule has 3 rings (SSSR count). The normalized spacial score (nSPS) is 11.2. The highest BCUT2D eigenvalue weighted by atomic mass is 79.9. The van der Waals surface area contributed by atoms with Gasteiger partial charge in [0.1, 0.15) is 0 Å². The lowest BCUT2D eigenvalue weighted by Crippen LogP contribution is -1.98. The van der Waals surface area contributed by atoms with Crippen molar-refractivity contribution in [3.63, 3.8) is 0 Å². The number of benzene rings is 2. The van der Waals surface area contributed by atoms with E-state index in [9.17, 15) is 4.79 Å². The Labute approximate surface area is 145 Å². The van der Waals surface area contributed by atoms with E-state index in [0.29, 0.717) is 15.8 Å². The van der Waals surface area contributed by atoms with Gasteiger partial charge in [-0.15, -0.1) is 0 Å². The molecule has 0 amide bonds. The fourth-order valence-electron chi connectivity index (χ4n) is 2.17. The second kappa shape index (κ2) is 5.41. The van der Waals surface area contributed by atoms with Crippen LogP contribution in [0.2, 0.25) is 5.02 Å². The molecule has 3 aromatic carbocycles. The Morgan fingerprint density at radius 2 is 1.40 bits per heavy atom. The van der Waals surface area contributed by atoms with E-state index in [1.165, 1.54) is 0 Å². The monoisotopic (exact) mass is 474 g/mol. The van der Waals surface area contributed by atoms with E-state index in [4.69, 9.17) is 11.6 Å². The molecule has 3 aromatic rings. The Kier molecular flexibility index (Phi) is 3.93. The minimum atomic E-state index is -0.0145. The molecule has 0 saturated carbocycles. The fourth-order valence-corrected chi connectivity index (χ4v) is 3.81. The third-order valence-corrected chi connectivity index (χ3v) is 6.03. The van der Waals surface area contributed by atoms with Crippen LogP contribution in [0, 0.1) is 0 Å². The van der Waals surface area contributed by atoms with Crippen molar-refractivity contribution in [1.82, 2.24) is 0 Å². The number of hydrogen-bond donors (Lipinski definition) is 0. The van der Waals surface area contributed by atoms with Crippen molar-refractivity contribution in [2.45, 2.75) is 0 Å². The quantitative estimate of drug-likeness (QED) is 0.372. The first-order valence-electron chi connectivity index (χ1n) is 5.69. The molecule has 0 heterocycles. The van der Waals surface area contributed by atoms with Crippen LogP contribution in [0.1, 0.15) is 0 Å². The molecule has 5 heteroatoms. The molecule has 0 aliphatic carbocycles. The molecular weight excluding hydrogens is 471 g/mol. The second-order valence-electron chi connectivity index (χ2n) is 4.34. The molecule has 0 fully saturated rings. The smallest absolute Gasteiger partial charge is 0.194 e. The maximum atomic E-state index is 12.8. The van der Waals surface area contributed by atoms with Gasteiger partial charge < -0.3 is 0 Å². The minimum absolute atomic E-state index is 0.0145. The summed E-state index contributed by atoms with van der Waals surface area (Å²) in [6.07, 6.45) is 0. The van der Waals surface area contributed by atoms with E-state index in [-0.39, 0.29) is 5.43 Å². The van der Waals surface area contributed by atoms with Gasteiger partial charge in [-0.05, 0) is 62.2 Å². The molecule has 1 nitrogen and oxygen atoms in total. The number of rotatable bonds is 0. The summed E-state index contributed by atoms with van der Waals surface area (Å²) in [5.41, 5.74) is -0.0145. The summed E-state index contributed by atoms with van der Waals surface area (Å²) >= 11 is 16.6. The molecular formula is C15H6Br3ClO. The van der Waals surface area contributed by atoms with Crippen molar-refractivity contribution in [1.29, 1.82) is 0 Å². The summed E-state index contributed by atoms with van der Waals surface area (Å²) in [7, 11) is 0. The lowest BCUT2D eigenvalue weighted by molar-refractivity contribution is 1.70. The lowest BCUT2D eigenvalue weighted by atomic mass is 10.1. The molecule has 0 spiro atoms. The first kappa shape index (κ1) is 14.5. The van der Waals surface area contributed by atoms with Crippen molar-refractivity contribution in [3.05, 3.63) is 65.1 Å². The van der Waals surface area contributed by atoms with Crippen molar-refractivity contribution in [2.75, 3.05) is 0 Å². The van der Waals surface area contributed by atoms with Gasteiger partial charge in [-0.3, -0.25) is 4.79 Å². The number of hydrogen-bond acceptors (Lipinski definition) is 1. The van der Waals surface area contributed by atoms with E-state index in [1.54, 1.807) is 18.2 Å². The third-order valence-electron chi connectivity index (χ3n) is 3.12. The average Bonchev–Trinajstić information content (AvgIpc) is 2.50. The largest absolute Gasteiger partial charge is 0.289 e. The van der Waals surface area contributed by atoms with Gasteiger partial charge in [-0.25, -0.2) is 0 Å². The predicted molar refractivity (Wildman–Crippen MR) is 95.8 cm³/mol. The van der Waals surface area contributed by atoms with Crippen LogP contribution >= 0.6 is 59.4 Å². The molecule has 0 aliphatic heterocycles. The standard InChI is InChI=1S/C15H6Br3ClO/c16-7-1-3-9-12(5-7)15(20)10-4-2-8(19)6-11(10)14(18)13(9)17/h1-6H. The lowest BCUT2D eigenvalue weighted by Gasteiger charge is -1.98. The van der Waals surface area contributed by atoms with Crippen LogP contribution in [0.15, 0.2) is 54.6 Å². The zero-order valence-electron chi connectivity index (χ0n) is 9.88. The summed E-state index contributed by atoms with van der Waals surface area (Å²) in [6.45, 7) is 0. The van der Waals surface area contributed by atoms with Gasteiger partial charge >= 0.3 is 0 Å². The average molecular weight is 477 g/mol. The minimum Gasteiger partial charge on any atom is -0.289 e. The Bertz CT molecular complexity index is 922. The van der Waals surface area contributed by atoms with Crippen molar-refractivity contribution in [3.8, 4) is 0 Å². The van der Waals surface area contributed by atoms with Crippen LogP contribution in [-0.2, 0) is 0 Å². The summed E-state index contributed by atoms with van der Waals surface area (Å²) in [5, 5.41) is 3.54. The van der Waals surface area contributed by atoms with Gasteiger partial charge in [0.05, 0.1) is 0 Å². The zero-order chi connectivity index (χ0) is 14.4. The summed E-state index contributed by atoms with van der Waals surface area (Å²) in [5.74, 6) is 0. The van der Waals surface area contributed by atoms with Crippen LogP contribution in [0.4, 0.5) is 0 Å². The Balaban J connectivity index is 2.74. The maximum Gasteiger partial charge on any atom is 0.194 e. The fraction of sp³-hybridized carbons (Fsp3) is 0. The molecule has 0 radical (unpaired) electrons. The van der Waals surface area contributed by atoms with E-state index in [0.717, 1.165) is 24.2 Å². The molecule has 20 heavy (non-hydrogen) atoms. The van der Waals surface area contributed by atoms with Crippen LogP contribution < -0.4 is 5.43 Å². The van der Waals surface area contributed by atoms with Gasteiger partial charge in [0.2, 0.25) is 0 Å². The highest BCUT2D eigenvalue weighted by Crippen LogP contribution is 2.35.